The normalized spacial score (nSPS) is 11.4. The van der Waals surface area contributed by atoms with Crippen molar-refractivity contribution in [1.82, 2.24) is 4.98 Å². The third kappa shape index (κ3) is 3.29. The van der Waals surface area contributed by atoms with E-state index in [1.54, 1.807) is 0 Å². The van der Waals surface area contributed by atoms with Gasteiger partial charge in [-0.3, -0.25) is 0 Å². The minimum absolute atomic E-state index is 0.133. The lowest BCUT2D eigenvalue weighted by atomic mass is 10.1. The van der Waals surface area contributed by atoms with Crippen LogP contribution in [0, 0.1) is 0 Å². The van der Waals surface area contributed by atoms with Gasteiger partial charge in [-0.25, -0.2) is 4.98 Å². The number of rotatable bonds is 4. The van der Waals surface area contributed by atoms with Crippen LogP contribution in [0.25, 0.3) is 0 Å². The lowest BCUT2D eigenvalue weighted by molar-refractivity contribution is -0.137. The summed E-state index contributed by atoms with van der Waals surface area (Å²) in [6.07, 6.45) is -2.21. The number of anilines is 1. The second-order valence-corrected chi connectivity index (χ2v) is 4.37. The Labute approximate surface area is 115 Å². The summed E-state index contributed by atoms with van der Waals surface area (Å²) >= 11 is 0. The Morgan fingerprint density at radius 3 is 2.40 bits per heavy atom. The molecule has 2 rings (SSSR count). The average Bonchev–Trinajstić information content (AvgIpc) is 2.44. The van der Waals surface area contributed by atoms with Gasteiger partial charge in [0.25, 0.3) is 0 Å². The fourth-order valence-corrected chi connectivity index (χ4v) is 2.03. The highest BCUT2D eigenvalue weighted by Crippen LogP contribution is 2.33. The summed E-state index contributed by atoms with van der Waals surface area (Å²) in [4.78, 5) is 3.78. The molecule has 2 nitrogen and oxygen atoms in total. The van der Waals surface area contributed by atoms with Crippen LogP contribution in [0.3, 0.4) is 0 Å². The van der Waals surface area contributed by atoms with E-state index in [0.717, 1.165) is 23.6 Å². The number of benzene rings is 1. The number of nitrogens with one attached hydrogen (secondary N) is 1. The topological polar surface area (TPSA) is 24.9 Å². The van der Waals surface area contributed by atoms with Crippen LogP contribution in [0.5, 0.6) is 0 Å². The molecule has 0 bridgehead atoms. The zero-order valence-electron chi connectivity index (χ0n) is 11.0. The summed E-state index contributed by atoms with van der Waals surface area (Å²) < 4.78 is 38.5. The molecule has 0 saturated carbocycles. The second kappa shape index (κ2) is 5.94. The molecule has 5 heteroatoms. The Balaban J connectivity index is 2.20. The second-order valence-electron chi connectivity index (χ2n) is 4.37. The van der Waals surface area contributed by atoms with Crippen molar-refractivity contribution in [2.24, 2.45) is 0 Å². The molecule has 1 N–H and O–H groups in total. The van der Waals surface area contributed by atoms with Crippen LogP contribution in [-0.4, -0.2) is 4.98 Å². The monoisotopic (exact) mass is 280 g/mol. The number of halogens is 3. The number of aryl methyl sites for hydroxylation is 1. The average molecular weight is 280 g/mol. The van der Waals surface area contributed by atoms with Gasteiger partial charge in [-0.15, -0.1) is 0 Å². The SMILES string of the molecule is CCc1ccccc1CNc1ncccc1C(F)(F)F. The fourth-order valence-electron chi connectivity index (χ4n) is 2.03. The molecule has 0 atom stereocenters. The van der Waals surface area contributed by atoms with Crippen LogP contribution >= 0.6 is 0 Å². The van der Waals surface area contributed by atoms with Crippen LogP contribution in [0.2, 0.25) is 0 Å². The Hall–Kier alpha value is -2.04. The number of alkyl halides is 3. The van der Waals surface area contributed by atoms with Crippen LogP contribution in [-0.2, 0) is 19.1 Å². The molecule has 0 aliphatic rings. The maximum Gasteiger partial charge on any atom is 0.419 e. The number of hydrogen-bond donors (Lipinski definition) is 1. The molecule has 106 valence electrons. The van der Waals surface area contributed by atoms with Crippen molar-refractivity contribution < 1.29 is 13.2 Å². The molecule has 0 radical (unpaired) electrons. The summed E-state index contributed by atoms with van der Waals surface area (Å²) in [6, 6.07) is 9.99. The van der Waals surface area contributed by atoms with E-state index in [9.17, 15) is 13.2 Å². The molecule has 0 amide bonds. The quantitative estimate of drug-likeness (QED) is 0.904. The summed E-state index contributed by atoms with van der Waals surface area (Å²) in [5.41, 5.74) is 1.35. The summed E-state index contributed by atoms with van der Waals surface area (Å²) in [5.74, 6) is -0.133. The van der Waals surface area contributed by atoms with Gasteiger partial charge < -0.3 is 5.32 Å². The highest BCUT2D eigenvalue weighted by molar-refractivity contribution is 5.46. The zero-order valence-corrected chi connectivity index (χ0v) is 11.0. The van der Waals surface area contributed by atoms with Crippen LogP contribution < -0.4 is 5.32 Å². The van der Waals surface area contributed by atoms with Crippen molar-refractivity contribution in [3.8, 4) is 0 Å². The standard InChI is InChI=1S/C15H15F3N2/c1-2-11-6-3-4-7-12(11)10-20-14-13(15(16,17)18)8-5-9-19-14/h3-9H,2,10H2,1H3,(H,19,20). The first-order valence-electron chi connectivity index (χ1n) is 6.35. The number of pyridine rings is 1. The Morgan fingerprint density at radius 1 is 1.05 bits per heavy atom. The smallest absolute Gasteiger partial charge is 0.365 e. The maximum absolute atomic E-state index is 12.8. The van der Waals surface area contributed by atoms with E-state index in [2.05, 4.69) is 10.3 Å². The van der Waals surface area contributed by atoms with Crippen molar-refractivity contribution >= 4 is 5.82 Å². The number of hydrogen-bond acceptors (Lipinski definition) is 2. The molecule has 0 aliphatic heterocycles. The first kappa shape index (κ1) is 14.4. The van der Waals surface area contributed by atoms with Crippen LogP contribution in [0.15, 0.2) is 42.6 Å². The van der Waals surface area contributed by atoms with Gasteiger partial charge in [0.1, 0.15) is 5.82 Å². The van der Waals surface area contributed by atoms with Gasteiger partial charge in [0.05, 0.1) is 5.56 Å². The molecule has 0 saturated heterocycles. The molecule has 1 aromatic carbocycles. The summed E-state index contributed by atoms with van der Waals surface area (Å²) in [6.45, 7) is 2.34. The third-order valence-corrected chi connectivity index (χ3v) is 3.06. The minimum Gasteiger partial charge on any atom is -0.365 e. The molecule has 2 aromatic rings. The van der Waals surface area contributed by atoms with E-state index in [1.165, 1.54) is 12.3 Å². The first-order chi connectivity index (χ1) is 9.52. The largest absolute Gasteiger partial charge is 0.419 e. The van der Waals surface area contributed by atoms with Crippen molar-refractivity contribution in [3.63, 3.8) is 0 Å². The Kier molecular flexibility index (Phi) is 4.27. The first-order valence-corrected chi connectivity index (χ1v) is 6.35. The Bertz CT molecular complexity index is 579. The van der Waals surface area contributed by atoms with Gasteiger partial charge in [-0.2, -0.15) is 13.2 Å². The minimum atomic E-state index is -4.40. The van der Waals surface area contributed by atoms with Crippen LogP contribution in [0.4, 0.5) is 19.0 Å². The lowest BCUT2D eigenvalue weighted by Gasteiger charge is -2.14. The maximum atomic E-state index is 12.8. The van der Waals surface area contributed by atoms with E-state index in [-0.39, 0.29) is 5.82 Å². The van der Waals surface area contributed by atoms with E-state index in [0.29, 0.717) is 6.54 Å². The van der Waals surface area contributed by atoms with Crippen molar-refractivity contribution in [3.05, 3.63) is 59.3 Å². The lowest BCUT2D eigenvalue weighted by Crippen LogP contribution is -2.12. The van der Waals surface area contributed by atoms with Gasteiger partial charge in [0, 0.05) is 12.7 Å². The van der Waals surface area contributed by atoms with Gasteiger partial charge >= 0.3 is 6.18 Å². The molecular weight excluding hydrogens is 265 g/mol. The molecule has 1 aromatic heterocycles. The number of aromatic nitrogens is 1. The highest BCUT2D eigenvalue weighted by Gasteiger charge is 2.33. The van der Waals surface area contributed by atoms with Gasteiger partial charge in [-0.1, -0.05) is 31.2 Å². The molecule has 1 heterocycles. The molecule has 0 fully saturated rings. The van der Waals surface area contributed by atoms with Gasteiger partial charge in [0.2, 0.25) is 0 Å². The molecule has 0 aliphatic carbocycles. The highest BCUT2D eigenvalue weighted by atomic mass is 19.4. The molecule has 0 spiro atoms. The van der Waals surface area contributed by atoms with Crippen LogP contribution in [0.1, 0.15) is 23.6 Å². The fraction of sp³-hybridized carbons (Fsp3) is 0.267. The van der Waals surface area contributed by atoms with Gasteiger partial charge in [0.15, 0.2) is 0 Å². The molecule has 0 unspecified atom stereocenters. The van der Waals surface area contributed by atoms with Crippen molar-refractivity contribution in [1.29, 1.82) is 0 Å². The van der Waals surface area contributed by atoms with Crippen molar-refractivity contribution in [2.75, 3.05) is 5.32 Å². The number of nitrogens with zero attached hydrogens (tertiary/aromatic N) is 1. The summed E-state index contributed by atoms with van der Waals surface area (Å²) in [7, 11) is 0. The van der Waals surface area contributed by atoms with Crippen molar-refractivity contribution in [2.45, 2.75) is 26.1 Å². The van der Waals surface area contributed by atoms with E-state index < -0.39 is 11.7 Å². The summed E-state index contributed by atoms with van der Waals surface area (Å²) in [5, 5.41) is 2.78. The molecular formula is C15H15F3N2. The Morgan fingerprint density at radius 2 is 1.75 bits per heavy atom. The van der Waals surface area contributed by atoms with Gasteiger partial charge in [-0.05, 0) is 29.7 Å². The zero-order chi connectivity index (χ0) is 14.6. The predicted octanol–water partition coefficient (Wildman–Crippen LogP) is 4.27. The van der Waals surface area contributed by atoms with E-state index in [4.69, 9.17) is 0 Å². The predicted molar refractivity (Wildman–Crippen MR) is 72.4 cm³/mol. The van der Waals surface area contributed by atoms with E-state index >= 15 is 0 Å². The third-order valence-electron chi connectivity index (χ3n) is 3.06. The van der Waals surface area contributed by atoms with E-state index in [1.807, 2.05) is 31.2 Å². The molecule has 20 heavy (non-hydrogen) atoms.